The average Bonchev–Trinajstić information content (AvgIpc) is 3.16. The molecule has 1 heterocycles. The Kier molecular flexibility index (Phi) is 4.51. The smallest absolute Gasteiger partial charge is 0.340 e. The van der Waals surface area contributed by atoms with Gasteiger partial charge in [-0.3, -0.25) is 14.9 Å². The fourth-order valence-electron chi connectivity index (χ4n) is 4.18. The van der Waals surface area contributed by atoms with Crippen LogP contribution in [0.15, 0.2) is 58.3 Å². The van der Waals surface area contributed by atoms with Gasteiger partial charge in [0.1, 0.15) is 0 Å². The Labute approximate surface area is 181 Å². The second-order valence-corrected chi connectivity index (χ2v) is 8.30. The number of anilines is 2. The maximum absolute atomic E-state index is 12.9. The molecule has 2 aliphatic rings. The minimum atomic E-state index is -0.495. The number of methoxy groups -OCH3 is 1. The number of nitro groups is 1. The fraction of sp³-hybridized carbons (Fsp3) is 0.130. The maximum atomic E-state index is 12.9. The zero-order valence-corrected chi connectivity index (χ0v) is 17.2. The van der Waals surface area contributed by atoms with Crippen LogP contribution in [0.4, 0.5) is 17.1 Å². The summed E-state index contributed by atoms with van der Waals surface area (Å²) in [6, 6.07) is 13.9. The zero-order valence-electron chi connectivity index (χ0n) is 16.4. The first-order chi connectivity index (χ1) is 15.0. The molecule has 1 aliphatic carbocycles. The van der Waals surface area contributed by atoms with Crippen molar-refractivity contribution in [1.82, 2.24) is 0 Å². The van der Waals surface area contributed by atoms with E-state index in [0.717, 1.165) is 15.5 Å². The molecule has 0 saturated carbocycles. The van der Waals surface area contributed by atoms with Gasteiger partial charge in [-0.1, -0.05) is 23.9 Å². The Bertz CT molecular complexity index is 1280. The van der Waals surface area contributed by atoms with Crippen LogP contribution in [0.25, 0.3) is 11.1 Å². The molecule has 7 nitrogen and oxygen atoms in total. The summed E-state index contributed by atoms with van der Waals surface area (Å²) in [5.74, 6) is -0.541. The van der Waals surface area contributed by atoms with Crippen molar-refractivity contribution in [2.45, 2.75) is 22.6 Å². The fourth-order valence-corrected chi connectivity index (χ4v) is 5.35. The average molecular weight is 432 g/mol. The number of non-ortho nitro benzene ring substituents is 1. The normalized spacial score (nSPS) is 13.6. The third kappa shape index (κ3) is 2.98. The second-order valence-electron chi connectivity index (χ2n) is 7.25. The number of nitrogens with one attached hydrogen (secondary N) is 1. The lowest BCUT2D eigenvalue weighted by Crippen LogP contribution is -2.15. The molecule has 3 aromatic carbocycles. The Hall–Kier alpha value is -3.65. The van der Waals surface area contributed by atoms with E-state index < -0.39 is 10.9 Å². The zero-order chi connectivity index (χ0) is 21.7. The van der Waals surface area contributed by atoms with Gasteiger partial charge in [0, 0.05) is 39.5 Å². The molecule has 0 fully saturated rings. The van der Waals surface area contributed by atoms with Gasteiger partial charge in [-0.15, -0.1) is 0 Å². The number of para-hydroxylation sites is 1. The lowest BCUT2D eigenvalue weighted by molar-refractivity contribution is -0.384. The molecule has 0 saturated heterocycles. The quantitative estimate of drug-likeness (QED) is 0.263. The second kappa shape index (κ2) is 7.24. The van der Waals surface area contributed by atoms with E-state index in [1.165, 1.54) is 31.0 Å². The van der Waals surface area contributed by atoms with Crippen LogP contribution in [0.2, 0.25) is 0 Å². The molecule has 31 heavy (non-hydrogen) atoms. The Morgan fingerprint density at radius 3 is 2.55 bits per heavy atom. The van der Waals surface area contributed by atoms with Crippen LogP contribution >= 0.6 is 11.8 Å². The number of Topliss-reactive ketones (excluding diaryl/α,β-unsaturated/α-hetero) is 1. The number of carbonyl (C=O) groups excluding carboxylic acids is 2. The molecule has 0 radical (unpaired) electrons. The van der Waals surface area contributed by atoms with Crippen LogP contribution in [0.3, 0.4) is 0 Å². The highest BCUT2D eigenvalue weighted by Gasteiger charge is 2.36. The van der Waals surface area contributed by atoms with Crippen LogP contribution in [-0.2, 0) is 11.2 Å². The third-order valence-electron chi connectivity index (χ3n) is 5.55. The summed E-state index contributed by atoms with van der Waals surface area (Å²) in [7, 11) is 1.33. The summed E-state index contributed by atoms with van der Waals surface area (Å²) in [6.45, 7) is 0. The van der Waals surface area contributed by atoms with Crippen molar-refractivity contribution >= 4 is 40.6 Å². The van der Waals surface area contributed by atoms with Gasteiger partial charge in [0.2, 0.25) is 0 Å². The highest BCUT2D eigenvalue weighted by atomic mass is 32.2. The highest BCUT2D eigenvalue weighted by Crippen LogP contribution is 2.53. The predicted molar refractivity (Wildman–Crippen MR) is 116 cm³/mol. The van der Waals surface area contributed by atoms with Crippen molar-refractivity contribution < 1.29 is 19.2 Å². The third-order valence-corrected chi connectivity index (χ3v) is 6.74. The number of ether oxygens (including phenoxy) is 1. The molecule has 0 bridgehead atoms. The van der Waals surface area contributed by atoms with Crippen molar-refractivity contribution in [3.05, 3.63) is 75.3 Å². The van der Waals surface area contributed by atoms with Gasteiger partial charge in [0.25, 0.3) is 5.69 Å². The van der Waals surface area contributed by atoms with Crippen LogP contribution < -0.4 is 5.32 Å². The minimum Gasteiger partial charge on any atom is -0.465 e. The van der Waals surface area contributed by atoms with Crippen molar-refractivity contribution in [1.29, 1.82) is 0 Å². The van der Waals surface area contributed by atoms with E-state index in [4.69, 9.17) is 4.74 Å². The van der Waals surface area contributed by atoms with Gasteiger partial charge in [-0.25, -0.2) is 4.79 Å². The van der Waals surface area contributed by atoms with E-state index in [0.29, 0.717) is 46.3 Å². The molecule has 8 heteroatoms. The van der Waals surface area contributed by atoms with Gasteiger partial charge in [-0.2, -0.15) is 0 Å². The Balaban J connectivity index is 1.83. The summed E-state index contributed by atoms with van der Waals surface area (Å²) in [5.41, 5.74) is 4.38. The topological polar surface area (TPSA) is 98.5 Å². The Morgan fingerprint density at radius 1 is 1.10 bits per heavy atom. The van der Waals surface area contributed by atoms with E-state index in [1.807, 2.05) is 24.3 Å². The van der Waals surface area contributed by atoms with Crippen LogP contribution in [0, 0.1) is 10.1 Å². The molecule has 0 spiro atoms. The molecular formula is C23H16N2O5S. The number of benzene rings is 3. The van der Waals surface area contributed by atoms with E-state index in [-0.39, 0.29) is 11.5 Å². The van der Waals surface area contributed by atoms with Gasteiger partial charge >= 0.3 is 5.97 Å². The first kappa shape index (κ1) is 19.3. The Morgan fingerprint density at radius 2 is 1.84 bits per heavy atom. The van der Waals surface area contributed by atoms with E-state index in [2.05, 4.69) is 5.32 Å². The molecule has 5 rings (SSSR count). The molecule has 154 valence electrons. The first-order valence-corrected chi connectivity index (χ1v) is 10.4. The molecular weight excluding hydrogens is 416 g/mol. The van der Waals surface area contributed by atoms with Crippen molar-refractivity contribution in [2.75, 3.05) is 12.4 Å². The van der Waals surface area contributed by atoms with E-state index in [1.54, 1.807) is 12.1 Å². The molecule has 1 aliphatic heterocycles. The number of fused-ring (bicyclic) bond motifs is 3. The largest absolute Gasteiger partial charge is 0.465 e. The number of nitro benzene ring substituents is 1. The van der Waals surface area contributed by atoms with Crippen molar-refractivity contribution in [2.24, 2.45) is 0 Å². The summed E-state index contributed by atoms with van der Waals surface area (Å²) < 4.78 is 5.06. The number of hydrogen-bond donors (Lipinski definition) is 1. The molecule has 0 aromatic heterocycles. The molecule has 0 amide bonds. The van der Waals surface area contributed by atoms with Crippen LogP contribution in [0.5, 0.6) is 0 Å². The standard InChI is InChI=1S/C23H16N2O5S/c1-30-23(27)20-14-10-11-16(26)19(14)18(12-6-8-13(9-7-12)25(28)29)22-21(20)24-15-4-2-3-5-17(15)31-22/h2-9,24H,10-11H2,1H3. The van der Waals surface area contributed by atoms with Gasteiger partial charge < -0.3 is 10.1 Å². The number of hydrogen-bond acceptors (Lipinski definition) is 7. The molecule has 0 unspecified atom stereocenters. The lowest BCUT2D eigenvalue weighted by atomic mass is 9.91. The summed E-state index contributed by atoms with van der Waals surface area (Å²) in [4.78, 5) is 38.0. The number of esters is 1. The maximum Gasteiger partial charge on any atom is 0.340 e. The number of carbonyl (C=O) groups is 2. The minimum absolute atomic E-state index is 0.0251. The molecule has 3 aromatic rings. The highest BCUT2D eigenvalue weighted by molar-refractivity contribution is 8.00. The summed E-state index contributed by atoms with van der Waals surface area (Å²) in [5, 5.41) is 14.5. The van der Waals surface area contributed by atoms with Crippen LogP contribution in [0.1, 0.15) is 32.7 Å². The SMILES string of the molecule is COC(=O)c1c2c(c(-c3ccc([N+](=O)[O-])cc3)c3c1Nc1ccccc1S3)C(=O)CC2. The number of rotatable bonds is 3. The van der Waals surface area contributed by atoms with Crippen molar-refractivity contribution in [3.8, 4) is 11.1 Å². The van der Waals surface area contributed by atoms with E-state index >= 15 is 0 Å². The van der Waals surface area contributed by atoms with Crippen molar-refractivity contribution in [3.63, 3.8) is 0 Å². The summed E-state index contributed by atoms with van der Waals surface area (Å²) >= 11 is 1.47. The monoisotopic (exact) mass is 432 g/mol. The first-order valence-electron chi connectivity index (χ1n) is 9.62. The molecule has 0 atom stereocenters. The lowest BCUT2D eigenvalue weighted by Gasteiger charge is -2.27. The molecule has 1 N–H and O–H groups in total. The van der Waals surface area contributed by atoms with Gasteiger partial charge in [0.15, 0.2) is 5.78 Å². The number of nitrogens with zero attached hydrogens (tertiary/aromatic N) is 1. The van der Waals surface area contributed by atoms with Gasteiger partial charge in [0.05, 0.1) is 29.0 Å². The van der Waals surface area contributed by atoms with Gasteiger partial charge in [-0.05, 0) is 41.8 Å². The van der Waals surface area contributed by atoms with Crippen LogP contribution in [-0.4, -0.2) is 23.8 Å². The predicted octanol–water partition coefficient (Wildman–Crippen LogP) is 5.39. The summed E-state index contributed by atoms with van der Waals surface area (Å²) in [6.07, 6.45) is 0.750. The van der Waals surface area contributed by atoms with E-state index in [9.17, 15) is 19.7 Å². The number of ketones is 1.